The molecule has 2 aromatic heterocycles. The van der Waals surface area contributed by atoms with Crippen LogP contribution in [0.5, 0.6) is 0 Å². The molecule has 0 aromatic carbocycles. The normalized spacial score (nSPS) is 10.4. The maximum atomic E-state index is 11.6. The number of amides is 2. The van der Waals surface area contributed by atoms with Gasteiger partial charge in [-0.25, -0.2) is 0 Å². The Morgan fingerprint density at radius 1 is 1.24 bits per heavy atom. The molecule has 21 heavy (non-hydrogen) atoms. The first-order valence-electron chi connectivity index (χ1n) is 6.49. The van der Waals surface area contributed by atoms with Crippen LogP contribution in [0.2, 0.25) is 0 Å². The summed E-state index contributed by atoms with van der Waals surface area (Å²) in [5.74, 6) is -0.740. The van der Waals surface area contributed by atoms with Gasteiger partial charge in [-0.1, -0.05) is 5.16 Å². The summed E-state index contributed by atoms with van der Waals surface area (Å²) in [5, 5.41) is 12.7. The number of aromatic nitrogens is 3. The first kappa shape index (κ1) is 14.8. The van der Waals surface area contributed by atoms with E-state index in [0.29, 0.717) is 18.8 Å². The average Bonchev–Trinajstić information content (AvgIpc) is 2.95. The van der Waals surface area contributed by atoms with E-state index in [1.807, 2.05) is 19.9 Å². The molecular formula is C13H17N5O3. The van der Waals surface area contributed by atoms with Crippen molar-refractivity contribution in [2.45, 2.75) is 27.3 Å². The number of rotatable bonds is 4. The Kier molecular flexibility index (Phi) is 4.36. The first-order chi connectivity index (χ1) is 9.95. The number of aryl methyl sites for hydroxylation is 3. The summed E-state index contributed by atoms with van der Waals surface area (Å²) in [6.45, 7) is 6.34. The number of nitrogens with one attached hydrogen (secondary N) is 2. The number of nitrogens with zero attached hydrogens (tertiary/aromatic N) is 3. The van der Waals surface area contributed by atoms with Gasteiger partial charge in [-0.15, -0.1) is 0 Å². The van der Waals surface area contributed by atoms with E-state index in [2.05, 4.69) is 20.9 Å². The van der Waals surface area contributed by atoms with Gasteiger partial charge in [0.1, 0.15) is 5.76 Å². The molecule has 2 N–H and O–H groups in total. The van der Waals surface area contributed by atoms with Crippen LogP contribution >= 0.6 is 0 Å². The van der Waals surface area contributed by atoms with Gasteiger partial charge in [-0.05, 0) is 26.8 Å². The van der Waals surface area contributed by atoms with Gasteiger partial charge in [0.05, 0.1) is 12.2 Å². The molecule has 0 fully saturated rings. The van der Waals surface area contributed by atoms with Crippen molar-refractivity contribution < 1.29 is 14.1 Å². The molecule has 0 aliphatic carbocycles. The van der Waals surface area contributed by atoms with Crippen molar-refractivity contribution >= 4 is 17.6 Å². The maximum absolute atomic E-state index is 11.6. The Balaban J connectivity index is 1.79. The highest BCUT2D eigenvalue weighted by Crippen LogP contribution is 2.06. The lowest BCUT2D eigenvalue weighted by Gasteiger charge is -2.06. The topological polar surface area (TPSA) is 102 Å². The Labute approximate surface area is 121 Å². The van der Waals surface area contributed by atoms with Crippen LogP contribution < -0.4 is 10.6 Å². The zero-order chi connectivity index (χ0) is 15.4. The predicted molar refractivity (Wildman–Crippen MR) is 74.6 cm³/mol. The Morgan fingerprint density at radius 2 is 2.00 bits per heavy atom. The second-order valence-corrected chi connectivity index (χ2v) is 4.68. The maximum Gasteiger partial charge on any atom is 0.314 e. The summed E-state index contributed by atoms with van der Waals surface area (Å²) in [7, 11) is 0. The number of carbonyl (C=O) groups is 2. The van der Waals surface area contributed by atoms with Gasteiger partial charge in [0.2, 0.25) is 0 Å². The van der Waals surface area contributed by atoms with Crippen molar-refractivity contribution in [3.05, 3.63) is 29.3 Å². The van der Waals surface area contributed by atoms with Crippen molar-refractivity contribution in [3.8, 4) is 0 Å². The lowest BCUT2D eigenvalue weighted by Crippen LogP contribution is -2.37. The van der Waals surface area contributed by atoms with E-state index in [4.69, 9.17) is 4.52 Å². The minimum Gasteiger partial charge on any atom is -0.360 e. The molecule has 0 spiro atoms. The number of hydrogen-bond acceptors (Lipinski definition) is 5. The summed E-state index contributed by atoms with van der Waals surface area (Å²) in [6.07, 6.45) is 0. The molecule has 0 saturated heterocycles. The SMILES string of the molecule is Cc1cc(C)n(CCNC(=O)C(=O)Nc2cc(C)on2)n1. The highest BCUT2D eigenvalue weighted by atomic mass is 16.5. The molecule has 2 heterocycles. The van der Waals surface area contributed by atoms with Crippen molar-refractivity contribution in [2.75, 3.05) is 11.9 Å². The molecule has 0 saturated carbocycles. The van der Waals surface area contributed by atoms with Gasteiger partial charge >= 0.3 is 11.8 Å². The van der Waals surface area contributed by atoms with Crippen LogP contribution in [0.4, 0.5) is 5.82 Å². The van der Waals surface area contributed by atoms with Gasteiger partial charge in [0.25, 0.3) is 0 Å². The van der Waals surface area contributed by atoms with Crippen LogP contribution in [0.1, 0.15) is 17.1 Å². The van der Waals surface area contributed by atoms with E-state index in [1.165, 1.54) is 6.07 Å². The molecule has 0 aliphatic heterocycles. The third-order valence-electron chi connectivity index (χ3n) is 2.79. The second kappa shape index (κ2) is 6.21. The Bertz CT molecular complexity index is 659. The second-order valence-electron chi connectivity index (χ2n) is 4.68. The van der Waals surface area contributed by atoms with Crippen molar-refractivity contribution in [2.24, 2.45) is 0 Å². The van der Waals surface area contributed by atoms with Crippen molar-refractivity contribution in [1.82, 2.24) is 20.3 Å². The van der Waals surface area contributed by atoms with Gasteiger partial charge in [-0.3, -0.25) is 19.6 Å². The molecule has 0 atom stereocenters. The number of anilines is 1. The third-order valence-corrected chi connectivity index (χ3v) is 2.79. The molecule has 0 bridgehead atoms. The van der Waals surface area contributed by atoms with E-state index in [-0.39, 0.29) is 5.82 Å². The Hall–Kier alpha value is -2.64. The van der Waals surface area contributed by atoms with E-state index in [1.54, 1.807) is 11.6 Å². The van der Waals surface area contributed by atoms with Crippen LogP contribution in [-0.2, 0) is 16.1 Å². The van der Waals surface area contributed by atoms with Crippen LogP contribution in [0.3, 0.4) is 0 Å². The van der Waals surface area contributed by atoms with Gasteiger partial charge < -0.3 is 9.84 Å². The monoisotopic (exact) mass is 291 g/mol. The van der Waals surface area contributed by atoms with Crippen LogP contribution in [-0.4, -0.2) is 33.3 Å². The highest BCUT2D eigenvalue weighted by molar-refractivity contribution is 6.39. The smallest absolute Gasteiger partial charge is 0.314 e. The summed E-state index contributed by atoms with van der Waals surface area (Å²) >= 11 is 0. The lowest BCUT2D eigenvalue weighted by atomic mass is 10.4. The molecule has 112 valence electrons. The molecule has 0 aliphatic rings. The summed E-state index contributed by atoms with van der Waals surface area (Å²) in [4.78, 5) is 23.2. The van der Waals surface area contributed by atoms with Crippen LogP contribution in [0.25, 0.3) is 0 Å². The molecule has 0 unspecified atom stereocenters. The van der Waals surface area contributed by atoms with E-state index in [0.717, 1.165) is 11.4 Å². The van der Waals surface area contributed by atoms with Gasteiger partial charge in [0, 0.05) is 18.3 Å². The molecule has 8 nitrogen and oxygen atoms in total. The fourth-order valence-electron chi connectivity index (χ4n) is 1.86. The zero-order valence-electron chi connectivity index (χ0n) is 12.1. The largest absolute Gasteiger partial charge is 0.360 e. The van der Waals surface area contributed by atoms with E-state index >= 15 is 0 Å². The summed E-state index contributed by atoms with van der Waals surface area (Å²) in [6, 6.07) is 3.47. The predicted octanol–water partition coefficient (Wildman–Crippen LogP) is 0.551. The Morgan fingerprint density at radius 3 is 2.57 bits per heavy atom. The first-order valence-corrected chi connectivity index (χ1v) is 6.49. The summed E-state index contributed by atoms with van der Waals surface area (Å²) < 4.78 is 6.56. The molecular weight excluding hydrogens is 274 g/mol. The molecule has 8 heteroatoms. The fraction of sp³-hybridized carbons (Fsp3) is 0.385. The van der Waals surface area contributed by atoms with Gasteiger partial charge in [-0.2, -0.15) is 5.10 Å². The lowest BCUT2D eigenvalue weighted by molar-refractivity contribution is -0.136. The number of carbonyl (C=O) groups excluding carboxylic acids is 2. The van der Waals surface area contributed by atoms with Gasteiger partial charge in [0.15, 0.2) is 5.82 Å². The quantitative estimate of drug-likeness (QED) is 0.801. The molecule has 2 rings (SSSR count). The minimum atomic E-state index is -0.781. The molecule has 2 amide bonds. The summed E-state index contributed by atoms with van der Waals surface area (Å²) in [5.41, 5.74) is 1.92. The van der Waals surface area contributed by atoms with Crippen molar-refractivity contribution in [1.29, 1.82) is 0 Å². The minimum absolute atomic E-state index is 0.214. The molecule has 0 radical (unpaired) electrons. The zero-order valence-corrected chi connectivity index (χ0v) is 12.1. The molecule has 2 aromatic rings. The van der Waals surface area contributed by atoms with E-state index in [9.17, 15) is 9.59 Å². The van der Waals surface area contributed by atoms with Crippen molar-refractivity contribution in [3.63, 3.8) is 0 Å². The average molecular weight is 291 g/mol. The van der Waals surface area contributed by atoms with E-state index < -0.39 is 11.8 Å². The standard InChI is InChI=1S/C13H17N5O3/c1-8-6-9(2)18(16-8)5-4-14-12(19)13(20)15-11-7-10(3)21-17-11/h6-7H,4-5H2,1-3H3,(H,14,19)(H,15,17,20). The fourth-order valence-corrected chi connectivity index (χ4v) is 1.86. The van der Waals surface area contributed by atoms with Crippen LogP contribution in [0, 0.1) is 20.8 Å². The highest BCUT2D eigenvalue weighted by Gasteiger charge is 2.15. The third kappa shape index (κ3) is 3.91. The number of hydrogen-bond donors (Lipinski definition) is 2. The van der Waals surface area contributed by atoms with Crippen LogP contribution in [0.15, 0.2) is 16.7 Å².